The van der Waals surface area contributed by atoms with E-state index in [1.54, 1.807) is 26.5 Å². The van der Waals surface area contributed by atoms with Crippen LogP contribution in [0.1, 0.15) is 43.7 Å². The van der Waals surface area contributed by atoms with Crippen LogP contribution in [0.5, 0.6) is 5.88 Å². The van der Waals surface area contributed by atoms with Crippen LogP contribution in [0, 0.1) is 11.3 Å². The Morgan fingerprint density at radius 3 is 2.62 bits per heavy atom. The zero-order chi connectivity index (χ0) is 17.2. The van der Waals surface area contributed by atoms with Gasteiger partial charge in [-0.2, -0.15) is 0 Å². The number of ether oxygens (including phenoxy) is 2. The van der Waals surface area contributed by atoms with Crippen molar-refractivity contribution in [2.75, 3.05) is 20.8 Å². The molecule has 132 valence electrons. The summed E-state index contributed by atoms with van der Waals surface area (Å²) in [6.45, 7) is 0.458. The molecule has 2 saturated carbocycles. The number of aliphatic hydroxyl groups excluding tert-OH is 1. The summed E-state index contributed by atoms with van der Waals surface area (Å²) < 4.78 is 10.4. The average Bonchev–Trinajstić information content (AvgIpc) is 2.53. The van der Waals surface area contributed by atoms with Gasteiger partial charge in [-0.25, -0.2) is 4.98 Å². The minimum atomic E-state index is -0.394. The Labute approximate surface area is 142 Å². The molecular formula is C18H26N2O4. The van der Waals surface area contributed by atoms with Gasteiger partial charge in [0.05, 0.1) is 31.3 Å². The number of nitrogens with one attached hydrogen (secondary N) is 1. The molecule has 2 aliphatic rings. The van der Waals surface area contributed by atoms with E-state index in [0.717, 1.165) is 24.8 Å². The molecule has 1 heterocycles. The molecule has 0 radical (unpaired) electrons. The second kappa shape index (κ2) is 7.07. The van der Waals surface area contributed by atoms with Crippen LogP contribution in [-0.4, -0.2) is 42.9 Å². The minimum absolute atomic E-state index is 0.0535. The standard InChI is InChI=1S/C18H26N2O4/c1-23-11-18(6-3-7-18)17(22)20-16(13-8-14(21)9-13)12-4-5-15(24-2)19-10-12/h4-5,10,13-14,16,21H,3,6-9,11H2,1-2H3,(H,20,22)/t13?,14?,16-/m1/s1. The molecule has 3 rings (SSSR count). The molecule has 2 aliphatic carbocycles. The van der Waals surface area contributed by atoms with Crippen LogP contribution in [0.2, 0.25) is 0 Å². The molecule has 2 N–H and O–H groups in total. The number of hydrogen-bond acceptors (Lipinski definition) is 5. The molecule has 1 aromatic rings. The highest BCUT2D eigenvalue weighted by Crippen LogP contribution is 2.44. The Balaban J connectivity index is 1.76. The molecule has 0 aromatic carbocycles. The highest BCUT2D eigenvalue weighted by molar-refractivity contribution is 5.84. The molecule has 1 atom stereocenters. The maximum atomic E-state index is 12.9. The van der Waals surface area contributed by atoms with Crippen LogP contribution in [0.4, 0.5) is 0 Å². The van der Waals surface area contributed by atoms with Crippen molar-refractivity contribution in [3.63, 3.8) is 0 Å². The van der Waals surface area contributed by atoms with Crippen molar-refractivity contribution in [3.05, 3.63) is 23.9 Å². The van der Waals surface area contributed by atoms with Crippen LogP contribution >= 0.6 is 0 Å². The van der Waals surface area contributed by atoms with E-state index in [1.807, 2.05) is 6.07 Å². The molecule has 0 aliphatic heterocycles. The third-order valence-corrected chi connectivity index (χ3v) is 5.45. The predicted molar refractivity (Wildman–Crippen MR) is 88.6 cm³/mol. The first-order valence-electron chi connectivity index (χ1n) is 8.56. The maximum absolute atomic E-state index is 12.9. The van der Waals surface area contributed by atoms with E-state index in [0.29, 0.717) is 25.3 Å². The van der Waals surface area contributed by atoms with Crippen LogP contribution in [0.3, 0.4) is 0 Å². The summed E-state index contributed by atoms with van der Waals surface area (Å²) >= 11 is 0. The molecule has 0 bridgehead atoms. The molecule has 0 saturated heterocycles. The molecule has 6 nitrogen and oxygen atoms in total. The Hall–Kier alpha value is -1.66. The number of rotatable bonds is 7. The van der Waals surface area contributed by atoms with Crippen LogP contribution < -0.4 is 10.1 Å². The Morgan fingerprint density at radius 1 is 1.42 bits per heavy atom. The first-order valence-corrected chi connectivity index (χ1v) is 8.56. The number of amides is 1. The number of methoxy groups -OCH3 is 2. The van der Waals surface area contributed by atoms with Crippen molar-refractivity contribution in [1.82, 2.24) is 10.3 Å². The number of carbonyl (C=O) groups excluding carboxylic acids is 1. The summed E-state index contributed by atoms with van der Waals surface area (Å²) in [5.74, 6) is 0.837. The first kappa shape index (κ1) is 17.2. The SMILES string of the molecule is COCC1(C(=O)N[C@H](c2ccc(OC)nc2)C2CC(O)C2)CCC1. The lowest BCUT2D eigenvalue weighted by Crippen LogP contribution is -2.51. The number of aromatic nitrogens is 1. The highest BCUT2D eigenvalue weighted by atomic mass is 16.5. The van der Waals surface area contributed by atoms with Crippen molar-refractivity contribution in [2.45, 2.75) is 44.2 Å². The molecule has 1 aromatic heterocycles. The van der Waals surface area contributed by atoms with Gasteiger partial charge in [0.25, 0.3) is 0 Å². The topological polar surface area (TPSA) is 80.7 Å². The number of aliphatic hydroxyl groups is 1. The van der Waals surface area contributed by atoms with E-state index in [9.17, 15) is 9.90 Å². The van der Waals surface area contributed by atoms with Crippen LogP contribution in [0.25, 0.3) is 0 Å². The largest absolute Gasteiger partial charge is 0.481 e. The van der Waals surface area contributed by atoms with Gasteiger partial charge in [-0.1, -0.05) is 12.5 Å². The van der Waals surface area contributed by atoms with Crippen LogP contribution in [0.15, 0.2) is 18.3 Å². The fraction of sp³-hybridized carbons (Fsp3) is 0.667. The van der Waals surface area contributed by atoms with Gasteiger partial charge in [-0.3, -0.25) is 4.79 Å². The smallest absolute Gasteiger partial charge is 0.229 e. The molecule has 0 spiro atoms. The van der Waals surface area contributed by atoms with Gasteiger partial charge < -0.3 is 19.9 Å². The van der Waals surface area contributed by atoms with Crippen molar-refractivity contribution >= 4 is 5.91 Å². The lowest BCUT2D eigenvalue weighted by Gasteiger charge is -2.43. The van der Waals surface area contributed by atoms with Gasteiger partial charge in [0.15, 0.2) is 0 Å². The Kier molecular flexibility index (Phi) is 5.06. The number of nitrogens with zero attached hydrogens (tertiary/aromatic N) is 1. The fourth-order valence-electron chi connectivity index (χ4n) is 3.68. The van der Waals surface area contributed by atoms with Gasteiger partial charge in [0, 0.05) is 19.4 Å². The van der Waals surface area contributed by atoms with Gasteiger partial charge in [0.1, 0.15) is 0 Å². The summed E-state index contributed by atoms with van der Waals surface area (Å²) in [7, 11) is 3.22. The van der Waals surface area contributed by atoms with Crippen molar-refractivity contribution in [3.8, 4) is 5.88 Å². The normalized spacial score (nSPS) is 26.0. The molecule has 1 amide bonds. The highest BCUT2D eigenvalue weighted by Gasteiger charge is 2.46. The van der Waals surface area contributed by atoms with E-state index in [-0.39, 0.29) is 24.0 Å². The predicted octanol–water partition coefficient (Wildman–Crippen LogP) is 1.84. The zero-order valence-electron chi connectivity index (χ0n) is 14.3. The van der Waals surface area contributed by atoms with E-state index < -0.39 is 5.41 Å². The minimum Gasteiger partial charge on any atom is -0.481 e. The lowest BCUT2D eigenvalue weighted by atomic mass is 9.68. The summed E-state index contributed by atoms with van der Waals surface area (Å²) in [5, 5.41) is 12.9. The summed E-state index contributed by atoms with van der Waals surface area (Å²) in [4.78, 5) is 17.1. The summed E-state index contributed by atoms with van der Waals surface area (Å²) in [6, 6.07) is 3.61. The molecule has 6 heteroatoms. The maximum Gasteiger partial charge on any atom is 0.229 e. The number of hydrogen-bond donors (Lipinski definition) is 2. The second-order valence-corrected chi connectivity index (χ2v) is 7.04. The van der Waals surface area contributed by atoms with E-state index in [4.69, 9.17) is 9.47 Å². The van der Waals surface area contributed by atoms with E-state index in [1.165, 1.54) is 0 Å². The monoisotopic (exact) mass is 334 g/mol. The summed E-state index contributed by atoms with van der Waals surface area (Å²) in [6.07, 6.45) is 5.69. The van der Waals surface area contributed by atoms with E-state index >= 15 is 0 Å². The van der Waals surface area contributed by atoms with Crippen molar-refractivity contribution in [1.29, 1.82) is 0 Å². The molecule has 24 heavy (non-hydrogen) atoms. The lowest BCUT2D eigenvalue weighted by molar-refractivity contribution is -0.142. The quantitative estimate of drug-likeness (QED) is 0.795. The van der Waals surface area contributed by atoms with Crippen molar-refractivity contribution in [2.24, 2.45) is 11.3 Å². The third-order valence-electron chi connectivity index (χ3n) is 5.45. The number of pyridine rings is 1. The molecular weight excluding hydrogens is 308 g/mol. The molecule has 2 fully saturated rings. The van der Waals surface area contributed by atoms with Crippen molar-refractivity contribution < 1.29 is 19.4 Å². The fourth-order valence-corrected chi connectivity index (χ4v) is 3.68. The zero-order valence-corrected chi connectivity index (χ0v) is 14.3. The summed E-state index contributed by atoms with van der Waals surface area (Å²) in [5.41, 5.74) is 0.558. The first-order chi connectivity index (χ1) is 11.6. The average molecular weight is 334 g/mol. The van der Waals surface area contributed by atoms with Crippen LogP contribution in [-0.2, 0) is 9.53 Å². The van der Waals surface area contributed by atoms with Gasteiger partial charge in [-0.15, -0.1) is 0 Å². The van der Waals surface area contributed by atoms with E-state index in [2.05, 4.69) is 10.3 Å². The Bertz CT molecular complexity index is 565. The van der Waals surface area contributed by atoms with Gasteiger partial charge >= 0.3 is 0 Å². The van der Waals surface area contributed by atoms with Gasteiger partial charge in [0.2, 0.25) is 11.8 Å². The second-order valence-electron chi connectivity index (χ2n) is 7.04. The Morgan fingerprint density at radius 2 is 2.17 bits per heavy atom. The third kappa shape index (κ3) is 3.26. The molecule has 0 unspecified atom stereocenters. The van der Waals surface area contributed by atoms with Gasteiger partial charge in [-0.05, 0) is 37.2 Å². The number of carbonyl (C=O) groups is 1.